The van der Waals surface area contributed by atoms with Gasteiger partial charge in [0.05, 0.1) is 4.90 Å². The van der Waals surface area contributed by atoms with Gasteiger partial charge in [0, 0.05) is 18.8 Å². The van der Waals surface area contributed by atoms with E-state index in [-0.39, 0.29) is 0 Å². The van der Waals surface area contributed by atoms with Crippen molar-refractivity contribution in [3.05, 3.63) is 23.8 Å². The zero-order chi connectivity index (χ0) is 14.0. The molecule has 20 heavy (non-hydrogen) atoms. The molecule has 0 spiro atoms. The van der Waals surface area contributed by atoms with E-state index in [0.29, 0.717) is 17.4 Å². The summed E-state index contributed by atoms with van der Waals surface area (Å²) in [5, 5.41) is 3.23. The van der Waals surface area contributed by atoms with Crippen LogP contribution in [0.1, 0.15) is 37.7 Å². The van der Waals surface area contributed by atoms with Crippen molar-refractivity contribution in [1.29, 1.82) is 0 Å². The minimum Gasteiger partial charge on any atom is -0.384 e. The summed E-state index contributed by atoms with van der Waals surface area (Å²) >= 11 is 0. The van der Waals surface area contributed by atoms with Crippen LogP contribution in [0.3, 0.4) is 0 Å². The number of hydrogen-bond donors (Lipinski definition) is 2. The van der Waals surface area contributed by atoms with Crippen LogP contribution in [0, 0.1) is 5.92 Å². The van der Waals surface area contributed by atoms with E-state index in [2.05, 4.69) is 10.0 Å². The van der Waals surface area contributed by atoms with Crippen LogP contribution in [0.5, 0.6) is 0 Å². The molecule has 0 radical (unpaired) electrons. The number of benzene rings is 1. The van der Waals surface area contributed by atoms with Crippen LogP contribution < -0.4 is 10.0 Å². The molecule has 1 aliphatic carbocycles. The fourth-order valence-electron chi connectivity index (χ4n) is 3.14. The van der Waals surface area contributed by atoms with Gasteiger partial charge >= 0.3 is 0 Å². The summed E-state index contributed by atoms with van der Waals surface area (Å²) in [7, 11) is -3.37. The molecule has 0 aromatic heterocycles. The molecule has 1 aliphatic heterocycles. The maximum Gasteiger partial charge on any atom is 0.240 e. The van der Waals surface area contributed by atoms with Gasteiger partial charge in [-0.25, -0.2) is 13.1 Å². The van der Waals surface area contributed by atoms with Crippen molar-refractivity contribution in [2.45, 2.75) is 43.4 Å². The molecule has 110 valence electrons. The number of rotatable bonds is 4. The molecule has 3 rings (SSSR count). The highest BCUT2D eigenvalue weighted by Crippen LogP contribution is 2.26. The van der Waals surface area contributed by atoms with E-state index >= 15 is 0 Å². The highest BCUT2D eigenvalue weighted by molar-refractivity contribution is 7.89. The molecule has 1 heterocycles. The molecule has 0 atom stereocenters. The smallest absolute Gasteiger partial charge is 0.240 e. The predicted octanol–water partition coefficient (Wildman–Crippen LogP) is 2.51. The first-order chi connectivity index (χ1) is 9.65. The van der Waals surface area contributed by atoms with Crippen molar-refractivity contribution >= 4 is 15.7 Å². The van der Waals surface area contributed by atoms with Gasteiger partial charge in [-0.15, -0.1) is 0 Å². The van der Waals surface area contributed by atoms with Crippen molar-refractivity contribution in [2.24, 2.45) is 5.92 Å². The first-order valence-electron chi connectivity index (χ1n) is 7.52. The molecule has 1 saturated carbocycles. The largest absolute Gasteiger partial charge is 0.384 e. The summed E-state index contributed by atoms with van der Waals surface area (Å²) < 4.78 is 27.5. The third-order valence-electron chi connectivity index (χ3n) is 4.39. The highest BCUT2D eigenvalue weighted by atomic mass is 32.2. The van der Waals surface area contributed by atoms with Gasteiger partial charge in [-0.3, -0.25) is 0 Å². The molecule has 0 saturated heterocycles. The van der Waals surface area contributed by atoms with Gasteiger partial charge in [0.15, 0.2) is 0 Å². The van der Waals surface area contributed by atoms with Crippen LogP contribution in [-0.2, 0) is 16.4 Å². The summed E-state index contributed by atoms with van der Waals surface area (Å²) in [4.78, 5) is 0.376. The Labute approximate surface area is 121 Å². The summed E-state index contributed by atoms with van der Waals surface area (Å²) in [6.07, 6.45) is 7.03. The van der Waals surface area contributed by atoms with Crippen LogP contribution in [-0.4, -0.2) is 21.5 Å². The van der Waals surface area contributed by atoms with Gasteiger partial charge < -0.3 is 5.32 Å². The summed E-state index contributed by atoms with van der Waals surface area (Å²) in [6.45, 7) is 1.47. The number of anilines is 1. The Hall–Kier alpha value is -1.07. The van der Waals surface area contributed by atoms with Crippen LogP contribution in [0.2, 0.25) is 0 Å². The quantitative estimate of drug-likeness (QED) is 0.897. The Morgan fingerprint density at radius 2 is 2.00 bits per heavy atom. The third kappa shape index (κ3) is 2.99. The van der Waals surface area contributed by atoms with Gasteiger partial charge in [-0.2, -0.15) is 0 Å². The third-order valence-corrected chi connectivity index (χ3v) is 5.81. The number of hydrogen-bond acceptors (Lipinski definition) is 3. The molecule has 2 aliphatic rings. The van der Waals surface area contributed by atoms with Crippen molar-refractivity contribution in [2.75, 3.05) is 18.4 Å². The predicted molar refractivity (Wildman–Crippen MR) is 80.4 cm³/mol. The summed E-state index contributed by atoms with van der Waals surface area (Å²) in [5.74, 6) is 0.506. The van der Waals surface area contributed by atoms with Gasteiger partial charge in [-0.05, 0) is 42.9 Å². The molecule has 1 aromatic carbocycles. The maximum atomic E-state index is 12.3. The monoisotopic (exact) mass is 294 g/mol. The standard InChI is InChI=1S/C15H22N2O2S/c18-20(19,17-11-12-4-2-1-3-5-12)14-7-6-13-8-9-16-15(13)10-14/h6-7,10,12,16-17H,1-5,8-9,11H2. The van der Waals surface area contributed by atoms with Crippen molar-refractivity contribution < 1.29 is 8.42 Å². The average Bonchev–Trinajstić information content (AvgIpc) is 2.94. The van der Waals surface area contributed by atoms with E-state index in [9.17, 15) is 8.42 Å². The topological polar surface area (TPSA) is 58.2 Å². The molecule has 1 aromatic rings. The van der Waals surface area contributed by atoms with E-state index in [1.165, 1.54) is 24.8 Å². The second kappa shape index (κ2) is 5.74. The fourth-order valence-corrected chi connectivity index (χ4v) is 4.28. The van der Waals surface area contributed by atoms with Crippen molar-refractivity contribution in [3.8, 4) is 0 Å². The molecule has 2 N–H and O–H groups in total. The molecule has 5 heteroatoms. The molecular weight excluding hydrogens is 272 g/mol. The van der Waals surface area contributed by atoms with E-state index in [1.54, 1.807) is 12.1 Å². The minimum absolute atomic E-state index is 0.376. The lowest BCUT2D eigenvalue weighted by atomic mass is 9.90. The Morgan fingerprint density at radius 3 is 2.80 bits per heavy atom. The Bertz CT molecular complexity index is 578. The van der Waals surface area contributed by atoms with Gasteiger partial charge in [-0.1, -0.05) is 25.3 Å². The molecule has 0 bridgehead atoms. The maximum absolute atomic E-state index is 12.3. The van der Waals surface area contributed by atoms with Gasteiger partial charge in [0.1, 0.15) is 0 Å². The first kappa shape index (κ1) is 13.9. The minimum atomic E-state index is -3.37. The Balaban J connectivity index is 1.68. The molecule has 1 fully saturated rings. The van der Waals surface area contributed by atoms with Crippen LogP contribution in [0.4, 0.5) is 5.69 Å². The number of sulfonamides is 1. The van der Waals surface area contributed by atoms with E-state index in [1.807, 2.05) is 6.07 Å². The molecular formula is C15H22N2O2S. The summed E-state index contributed by atoms with van der Waals surface area (Å²) in [6, 6.07) is 5.39. The lowest BCUT2D eigenvalue weighted by molar-refractivity contribution is 0.357. The van der Waals surface area contributed by atoms with Gasteiger partial charge in [0.25, 0.3) is 0 Å². The molecule has 0 unspecified atom stereocenters. The normalized spacial score (nSPS) is 19.6. The van der Waals surface area contributed by atoms with E-state index in [4.69, 9.17) is 0 Å². The van der Waals surface area contributed by atoms with Crippen LogP contribution in [0.25, 0.3) is 0 Å². The second-order valence-corrected chi connectivity index (χ2v) is 7.62. The summed E-state index contributed by atoms with van der Waals surface area (Å²) in [5.41, 5.74) is 2.17. The molecule has 0 amide bonds. The SMILES string of the molecule is O=S(=O)(NCC1CCCCC1)c1ccc2c(c1)NCC2. The number of nitrogens with one attached hydrogen (secondary N) is 2. The van der Waals surface area contributed by atoms with Crippen LogP contribution >= 0.6 is 0 Å². The van der Waals surface area contributed by atoms with Gasteiger partial charge in [0.2, 0.25) is 10.0 Å². The first-order valence-corrected chi connectivity index (χ1v) is 9.00. The highest BCUT2D eigenvalue weighted by Gasteiger charge is 2.20. The Morgan fingerprint density at radius 1 is 1.20 bits per heavy atom. The van der Waals surface area contributed by atoms with E-state index in [0.717, 1.165) is 31.5 Å². The Kier molecular flexibility index (Phi) is 3.98. The number of fused-ring (bicyclic) bond motifs is 1. The van der Waals surface area contributed by atoms with E-state index < -0.39 is 10.0 Å². The lowest BCUT2D eigenvalue weighted by Gasteiger charge is -2.21. The zero-order valence-electron chi connectivity index (χ0n) is 11.7. The lowest BCUT2D eigenvalue weighted by Crippen LogP contribution is -2.30. The second-order valence-electron chi connectivity index (χ2n) is 5.85. The van der Waals surface area contributed by atoms with Crippen LogP contribution in [0.15, 0.2) is 23.1 Å². The average molecular weight is 294 g/mol. The van der Waals surface area contributed by atoms with Crippen molar-refractivity contribution in [1.82, 2.24) is 4.72 Å². The molecule has 4 nitrogen and oxygen atoms in total. The fraction of sp³-hybridized carbons (Fsp3) is 0.600. The zero-order valence-corrected chi connectivity index (χ0v) is 12.5. The van der Waals surface area contributed by atoms with Crippen molar-refractivity contribution in [3.63, 3.8) is 0 Å².